The van der Waals surface area contributed by atoms with Crippen LogP contribution in [0.15, 0.2) is 30.9 Å². The molecule has 0 saturated carbocycles. The highest BCUT2D eigenvalue weighted by Crippen LogP contribution is 2.25. The highest BCUT2D eigenvalue weighted by Gasteiger charge is 2.09. The summed E-state index contributed by atoms with van der Waals surface area (Å²) in [6.07, 6.45) is 1.86. The Balaban J connectivity index is 2.86. The highest BCUT2D eigenvalue weighted by molar-refractivity contribution is 5.39. The largest absolute Gasteiger partial charge is 0.496 e. The molecule has 0 aliphatic heterocycles. The second-order valence-corrected chi connectivity index (χ2v) is 3.66. The van der Waals surface area contributed by atoms with Crippen molar-refractivity contribution < 1.29 is 4.74 Å². The fourth-order valence-corrected chi connectivity index (χ4v) is 1.55. The summed E-state index contributed by atoms with van der Waals surface area (Å²) in [6, 6.07) is 6.54. The molecule has 0 spiro atoms. The second-order valence-electron chi connectivity index (χ2n) is 3.66. The van der Waals surface area contributed by atoms with Gasteiger partial charge >= 0.3 is 0 Å². The number of hydrogen-bond acceptors (Lipinski definition) is 2. The van der Waals surface area contributed by atoms with E-state index >= 15 is 0 Å². The van der Waals surface area contributed by atoms with E-state index in [1.54, 1.807) is 7.11 Å². The number of ether oxygens (including phenoxy) is 1. The van der Waals surface area contributed by atoms with Crippen LogP contribution < -0.4 is 10.1 Å². The maximum atomic E-state index is 5.36. The van der Waals surface area contributed by atoms with Crippen LogP contribution in [-0.4, -0.2) is 13.7 Å². The van der Waals surface area contributed by atoms with Crippen LogP contribution in [0.3, 0.4) is 0 Å². The van der Waals surface area contributed by atoms with Gasteiger partial charge in [-0.2, -0.15) is 0 Å². The molecule has 0 aliphatic rings. The Morgan fingerprint density at radius 2 is 2.27 bits per heavy atom. The first-order valence-corrected chi connectivity index (χ1v) is 5.18. The Morgan fingerprint density at radius 3 is 2.87 bits per heavy atom. The molecule has 2 heteroatoms. The summed E-state index contributed by atoms with van der Waals surface area (Å²) in [6.45, 7) is 8.68. The van der Waals surface area contributed by atoms with Gasteiger partial charge in [0.1, 0.15) is 5.75 Å². The molecule has 15 heavy (non-hydrogen) atoms. The normalized spacial score (nSPS) is 12.2. The fourth-order valence-electron chi connectivity index (χ4n) is 1.55. The van der Waals surface area contributed by atoms with Crippen molar-refractivity contribution >= 4 is 0 Å². The summed E-state index contributed by atoms with van der Waals surface area (Å²) in [5.74, 6) is 0.944. The molecule has 82 valence electrons. The SMILES string of the molecule is C=CCNC(C)c1ccc(C)cc1OC. The predicted octanol–water partition coefficient (Wildman–Crippen LogP) is 2.84. The topological polar surface area (TPSA) is 21.3 Å². The summed E-state index contributed by atoms with van der Waals surface area (Å²) >= 11 is 0. The molecular weight excluding hydrogens is 186 g/mol. The number of hydrogen-bond donors (Lipinski definition) is 1. The van der Waals surface area contributed by atoms with Crippen LogP contribution in [-0.2, 0) is 0 Å². The van der Waals surface area contributed by atoms with Gasteiger partial charge in [-0.15, -0.1) is 6.58 Å². The Morgan fingerprint density at radius 1 is 1.53 bits per heavy atom. The lowest BCUT2D eigenvalue weighted by atomic mass is 10.1. The molecule has 1 N–H and O–H groups in total. The number of benzene rings is 1. The minimum absolute atomic E-state index is 0.276. The quantitative estimate of drug-likeness (QED) is 0.746. The van der Waals surface area contributed by atoms with E-state index in [2.05, 4.69) is 43.9 Å². The molecule has 0 amide bonds. The van der Waals surface area contributed by atoms with Gasteiger partial charge in [-0.05, 0) is 25.5 Å². The number of rotatable bonds is 5. The monoisotopic (exact) mass is 205 g/mol. The lowest BCUT2D eigenvalue weighted by Gasteiger charge is -2.16. The molecule has 1 unspecified atom stereocenters. The van der Waals surface area contributed by atoms with Crippen LogP contribution in [0.25, 0.3) is 0 Å². The second kappa shape index (κ2) is 5.56. The van der Waals surface area contributed by atoms with E-state index in [1.165, 1.54) is 11.1 Å². The minimum Gasteiger partial charge on any atom is -0.496 e. The van der Waals surface area contributed by atoms with E-state index in [4.69, 9.17) is 4.74 Å². The summed E-state index contributed by atoms with van der Waals surface area (Å²) in [5.41, 5.74) is 2.40. The van der Waals surface area contributed by atoms with Crippen LogP contribution in [0.5, 0.6) is 5.75 Å². The van der Waals surface area contributed by atoms with Gasteiger partial charge in [-0.25, -0.2) is 0 Å². The van der Waals surface area contributed by atoms with Crippen molar-refractivity contribution in [3.63, 3.8) is 0 Å². The predicted molar refractivity (Wildman–Crippen MR) is 64.3 cm³/mol. The zero-order chi connectivity index (χ0) is 11.3. The molecular formula is C13H19NO. The molecule has 0 bridgehead atoms. The summed E-state index contributed by atoms with van der Waals surface area (Å²) < 4.78 is 5.36. The van der Waals surface area contributed by atoms with Gasteiger partial charge in [-0.1, -0.05) is 18.2 Å². The molecule has 0 aromatic heterocycles. The Labute approximate surface area is 92.0 Å². The van der Waals surface area contributed by atoms with Gasteiger partial charge in [-0.3, -0.25) is 0 Å². The molecule has 0 fully saturated rings. The third-order valence-corrected chi connectivity index (χ3v) is 2.42. The maximum Gasteiger partial charge on any atom is 0.123 e. The van der Waals surface area contributed by atoms with Crippen LogP contribution in [0.1, 0.15) is 24.1 Å². The number of aryl methyl sites for hydroxylation is 1. The Hall–Kier alpha value is -1.28. The first-order chi connectivity index (χ1) is 7.19. The number of methoxy groups -OCH3 is 1. The van der Waals surface area contributed by atoms with E-state index in [0.717, 1.165) is 12.3 Å². The van der Waals surface area contributed by atoms with Gasteiger partial charge in [0.05, 0.1) is 7.11 Å². The van der Waals surface area contributed by atoms with Gasteiger partial charge in [0.25, 0.3) is 0 Å². The Kier molecular flexibility index (Phi) is 4.37. The van der Waals surface area contributed by atoms with Crippen LogP contribution >= 0.6 is 0 Å². The van der Waals surface area contributed by atoms with E-state index in [-0.39, 0.29) is 6.04 Å². The van der Waals surface area contributed by atoms with Gasteiger partial charge in [0, 0.05) is 18.2 Å². The van der Waals surface area contributed by atoms with Crippen molar-refractivity contribution in [2.24, 2.45) is 0 Å². The van der Waals surface area contributed by atoms with E-state index in [1.807, 2.05) is 6.08 Å². The zero-order valence-corrected chi connectivity index (χ0v) is 9.71. The zero-order valence-electron chi connectivity index (χ0n) is 9.71. The van der Waals surface area contributed by atoms with E-state index in [9.17, 15) is 0 Å². The van der Waals surface area contributed by atoms with Crippen molar-refractivity contribution in [3.8, 4) is 5.75 Å². The highest BCUT2D eigenvalue weighted by atomic mass is 16.5. The Bertz CT molecular complexity index is 333. The molecule has 1 rings (SSSR count). The van der Waals surface area contributed by atoms with Crippen LogP contribution in [0, 0.1) is 6.92 Å². The molecule has 0 radical (unpaired) electrons. The van der Waals surface area contributed by atoms with Crippen LogP contribution in [0.4, 0.5) is 0 Å². The van der Waals surface area contributed by atoms with E-state index in [0.29, 0.717) is 0 Å². The molecule has 1 aromatic carbocycles. The summed E-state index contributed by atoms with van der Waals surface area (Å²) in [4.78, 5) is 0. The first kappa shape index (κ1) is 11.8. The maximum absolute atomic E-state index is 5.36. The lowest BCUT2D eigenvalue weighted by Crippen LogP contribution is -2.18. The minimum atomic E-state index is 0.276. The third-order valence-electron chi connectivity index (χ3n) is 2.42. The lowest BCUT2D eigenvalue weighted by molar-refractivity contribution is 0.402. The molecule has 1 atom stereocenters. The van der Waals surface area contributed by atoms with Crippen molar-refractivity contribution in [1.29, 1.82) is 0 Å². The van der Waals surface area contributed by atoms with Crippen molar-refractivity contribution in [2.75, 3.05) is 13.7 Å². The smallest absolute Gasteiger partial charge is 0.123 e. The van der Waals surface area contributed by atoms with Gasteiger partial charge in [0.2, 0.25) is 0 Å². The third kappa shape index (κ3) is 3.10. The van der Waals surface area contributed by atoms with Crippen molar-refractivity contribution in [1.82, 2.24) is 5.32 Å². The summed E-state index contributed by atoms with van der Waals surface area (Å²) in [7, 11) is 1.71. The van der Waals surface area contributed by atoms with Gasteiger partial charge in [0.15, 0.2) is 0 Å². The fraction of sp³-hybridized carbons (Fsp3) is 0.385. The molecule has 1 aromatic rings. The number of nitrogens with one attached hydrogen (secondary N) is 1. The van der Waals surface area contributed by atoms with E-state index < -0.39 is 0 Å². The molecule has 0 heterocycles. The van der Waals surface area contributed by atoms with Gasteiger partial charge < -0.3 is 10.1 Å². The van der Waals surface area contributed by atoms with Crippen molar-refractivity contribution in [3.05, 3.63) is 42.0 Å². The average Bonchev–Trinajstić information content (AvgIpc) is 2.25. The molecule has 0 saturated heterocycles. The van der Waals surface area contributed by atoms with Crippen molar-refractivity contribution in [2.45, 2.75) is 19.9 Å². The molecule has 2 nitrogen and oxygen atoms in total. The molecule has 0 aliphatic carbocycles. The first-order valence-electron chi connectivity index (χ1n) is 5.18. The van der Waals surface area contributed by atoms with Crippen LogP contribution in [0.2, 0.25) is 0 Å². The summed E-state index contributed by atoms with van der Waals surface area (Å²) in [5, 5.41) is 3.34. The average molecular weight is 205 g/mol. The standard InChI is InChI=1S/C13H19NO/c1-5-8-14-11(3)12-7-6-10(2)9-13(12)15-4/h5-7,9,11,14H,1,8H2,2-4H3.